The first-order valence-corrected chi connectivity index (χ1v) is 6.31. The average Bonchev–Trinajstić information content (AvgIpc) is 2.68. The Labute approximate surface area is 104 Å². The van der Waals surface area contributed by atoms with E-state index < -0.39 is 5.97 Å². The fourth-order valence-electron chi connectivity index (χ4n) is 1.93. The number of carboxylic acids is 1. The molecule has 2 rings (SSSR count). The van der Waals surface area contributed by atoms with Gasteiger partial charge in [0.1, 0.15) is 10.6 Å². The van der Waals surface area contributed by atoms with Gasteiger partial charge in [0.2, 0.25) is 0 Å². The summed E-state index contributed by atoms with van der Waals surface area (Å²) in [6.07, 6.45) is 1.72. The van der Waals surface area contributed by atoms with Crippen molar-refractivity contribution in [1.82, 2.24) is 0 Å². The highest BCUT2D eigenvalue weighted by Gasteiger charge is 2.17. The number of methoxy groups -OCH3 is 1. The molecule has 0 saturated carbocycles. The van der Waals surface area contributed by atoms with E-state index in [1.165, 1.54) is 11.3 Å². The molecule has 0 amide bonds. The number of thiophene rings is 1. The Morgan fingerprint density at radius 2 is 2.24 bits per heavy atom. The van der Waals surface area contributed by atoms with Crippen LogP contribution in [0, 0.1) is 0 Å². The number of fused-ring (bicyclic) bond motifs is 1. The van der Waals surface area contributed by atoms with E-state index in [1.54, 1.807) is 7.11 Å². The Hall–Kier alpha value is -1.55. The van der Waals surface area contributed by atoms with E-state index >= 15 is 0 Å². The monoisotopic (exact) mass is 250 g/mol. The number of carbonyl (C=O) groups is 1. The number of hydrogen-bond acceptors (Lipinski definition) is 3. The van der Waals surface area contributed by atoms with Crippen molar-refractivity contribution in [1.29, 1.82) is 0 Å². The molecule has 3 nitrogen and oxygen atoms in total. The van der Waals surface area contributed by atoms with Crippen LogP contribution in [-0.4, -0.2) is 18.2 Å². The normalized spacial score (nSPS) is 10.7. The minimum atomic E-state index is -0.839. The molecule has 0 bridgehead atoms. The molecule has 1 N–H and O–H groups in total. The zero-order valence-corrected chi connectivity index (χ0v) is 10.6. The Morgan fingerprint density at radius 1 is 1.47 bits per heavy atom. The standard InChI is InChI=1S/C13H14O3S/c1-3-4-9-10-7-8(16-2)5-6-11(10)17-12(9)13(14)15/h5-7H,3-4H2,1-2H3,(H,14,15). The molecule has 2 aromatic rings. The second kappa shape index (κ2) is 4.75. The van der Waals surface area contributed by atoms with Gasteiger partial charge < -0.3 is 9.84 Å². The van der Waals surface area contributed by atoms with Crippen LogP contribution in [0.3, 0.4) is 0 Å². The van der Waals surface area contributed by atoms with Gasteiger partial charge in [-0.3, -0.25) is 0 Å². The number of ether oxygens (including phenoxy) is 1. The van der Waals surface area contributed by atoms with E-state index in [2.05, 4.69) is 6.92 Å². The van der Waals surface area contributed by atoms with Crippen LogP contribution < -0.4 is 4.74 Å². The molecule has 0 radical (unpaired) electrons. The van der Waals surface area contributed by atoms with Crippen molar-refractivity contribution in [2.75, 3.05) is 7.11 Å². The fraction of sp³-hybridized carbons (Fsp3) is 0.308. The zero-order chi connectivity index (χ0) is 12.4. The Bertz CT molecular complexity index is 557. The highest BCUT2D eigenvalue weighted by Crippen LogP contribution is 2.34. The number of benzene rings is 1. The third kappa shape index (κ3) is 2.13. The molecule has 0 fully saturated rings. The van der Waals surface area contributed by atoms with Gasteiger partial charge in [-0.05, 0) is 30.2 Å². The summed E-state index contributed by atoms with van der Waals surface area (Å²) in [5.74, 6) is -0.0711. The van der Waals surface area contributed by atoms with Gasteiger partial charge in [-0.15, -0.1) is 11.3 Å². The largest absolute Gasteiger partial charge is 0.497 e. The molecular weight excluding hydrogens is 236 g/mol. The smallest absolute Gasteiger partial charge is 0.346 e. The second-order valence-corrected chi connectivity index (χ2v) is 4.88. The molecule has 1 heterocycles. The number of aromatic carboxylic acids is 1. The molecule has 0 aliphatic carbocycles. The van der Waals surface area contributed by atoms with Gasteiger partial charge in [-0.25, -0.2) is 4.79 Å². The van der Waals surface area contributed by atoms with Crippen LogP contribution in [-0.2, 0) is 6.42 Å². The maximum atomic E-state index is 11.2. The molecule has 90 valence electrons. The first-order chi connectivity index (χ1) is 8.17. The molecular formula is C13H14O3S. The van der Waals surface area contributed by atoms with Crippen molar-refractivity contribution in [3.63, 3.8) is 0 Å². The third-order valence-electron chi connectivity index (χ3n) is 2.69. The zero-order valence-electron chi connectivity index (χ0n) is 9.82. The van der Waals surface area contributed by atoms with Crippen LogP contribution >= 0.6 is 11.3 Å². The molecule has 0 aliphatic rings. The van der Waals surface area contributed by atoms with E-state index in [0.29, 0.717) is 4.88 Å². The second-order valence-electron chi connectivity index (χ2n) is 3.83. The van der Waals surface area contributed by atoms with Crippen molar-refractivity contribution in [2.45, 2.75) is 19.8 Å². The highest BCUT2D eigenvalue weighted by atomic mass is 32.1. The van der Waals surface area contributed by atoms with Crippen LogP contribution in [0.2, 0.25) is 0 Å². The summed E-state index contributed by atoms with van der Waals surface area (Å²) < 4.78 is 6.19. The lowest BCUT2D eigenvalue weighted by molar-refractivity contribution is 0.0701. The molecule has 17 heavy (non-hydrogen) atoms. The minimum absolute atomic E-state index is 0.454. The maximum Gasteiger partial charge on any atom is 0.346 e. The van der Waals surface area contributed by atoms with Crippen molar-refractivity contribution in [2.24, 2.45) is 0 Å². The summed E-state index contributed by atoms with van der Waals surface area (Å²) in [6, 6.07) is 5.70. The van der Waals surface area contributed by atoms with Gasteiger partial charge in [0.25, 0.3) is 0 Å². The molecule has 1 aromatic heterocycles. The van der Waals surface area contributed by atoms with E-state index in [-0.39, 0.29) is 0 Å². The van der Waals surface area contributed by atoms with Crippen molar-refractivity contribution in [3.8, 4) is 5.75 Å². The average molecular weight is 250 g/mol. The first-order valence-electron chi connectivity index (χ1n) is 5.50. The van der Waals surface area contributed by atoms with E-state index in [9.17, 15) is 9.90 Å². The Kier molecular flexibility index (Phi) is 3.33. The fourth-order valence-corrected chi connectivity index (χ4v) is 3.00. The maximum absolute atomic E-state index is 11.2. The summed E-state index contributed by atoms with van der Waals surface area (Å²) in [6.45, 7) is 2.05. The summed E-state index contributed by atoms with van der Waals surface area (Å²) in [4.78, 5) is 11.7. The van der Waals surface area contributed by atoms with Crippen molar-refractivity contribution in [3.05, 3.63) is 28.6 Å². The number of rotatable bonds is 4. The Balaban J connectivity index is 2.67. The minimum Gasteiger partial charge on any atom is -0.497 e. The predicted molar refractivity (Wildman–Crippen MR) is 69.3 cm³/mol. The number of carboxylic acid groups (broad SMARTS) is 1. The molecule has 1 aromatic carbocycles. The Morgan fingerprint density at radius 3 is 2.82 bits per heavy atom. The number of hydrogen-bond donors (Lipinski definition) is 1. The molecule has 0 atom stereocenters. The lowest BCUT2D eigenvalue weighted by Crippen LogP contribution is -1.97. The van der Waals surface area contributed by atoms with Gasteiger partial charge in [0.15, 0.2) is 0 Å². The molecule has 0 spiro atoms. The van der Waals surface area contributed by atoms with Gasteiger partial charge in [0.05, 0.1) is 7.11 Å². The van der Waals surface area contributed by atoms with Crippen LogP contribution in [0.15, 0.2) is 18.2 Å². The predicted octanol–water partition coefficient (Wildman–Crippen LogP) is 3.56. The summed E-state index contributed by atoms with van der Waals surface area (Å²) >= 11 is 1.34. The lowest BCUT2D eigenvalue weighted by Gasteiger charge is -2.01. The first kappa shape index (κ1) is 11.9. The number of aryl methyl sites for hydroxylation is 1. The van der Waals surface area contributed by atoms with Crippen molar-refractivity contribution >= 4 is 27.4 Å². The van der Waals surface area contributed by atoms with Crippen LogP contribution in [0.1, 0.15) is 28.6 Å². The van der Waals surface area contributed by atoms with E-state index in [1.807, 2.05) is 18.2 Å². The molecule has 0 saturated heterocycles. The topological polar surface area (TPSA) is 46.5 Å². The van der Waals surface area contributed by atoms with Gasteiger partial charge in [-0.1, -0.05) is 13.3 Å². The SMILES string of the molecule is CCCc1c(C(=O)O)sc2ccc(OC)cc12. The molecule has 0 unspecified atom stereocenters. The molecule has 4 heteroatoms. The van der Waals surface area contributed by atoms with Crippen molar-refractivity contribution < 1.29 is 14.6 Å². The summed E-state index contributed by atoms with van der Waals surface area (Å²) in [7, 11) is 1.62. The van der Waals surface area contributed by atoms with Crippen LogP contribution in [0.5, 0.6) is 5.75 Å². The highest BCUT2D eigenvalue weighted by molar-refractivity contribution is 7.21. The van der Waals surface area contributed by atoms with E-state index in [0.717, 1.165) is 34.2 Å². The van der Waals surface area contributed by atoms with E-state index in [4.69, 9.17) is 4.74 Å². The van der Waals surface area contributed by atoms with Gasteiger partial charge in [0, 0.05) is 10.1 Å². The lowest BCUT2D eigenvalue weighted by atomic mass is 10.1. The van der Waals surface area contributed by atoms with Gasteiger partial charge in [-0.2, -0.15) is 0 Å². The van der Waals surface area contributed by atoms with Gasteiger partial charge >= 0.3 is 5.97 Å². The van der Waals surface area contributed by atoms with Crippen LogP contribution in [0.25, 0.3) is 10.1 Å². The van der Waals surface area contributed by atoms with Crippen LogP contribution in [0.4, 0.5) is 0 Å². The summed E-state index contributed by atoms with van der Waals surface area (Å²) in [5.41, 5.74) is 0.930. The quantitative estimate of drug-likeness (QED) is 0.902. The third-order valence-corrected chi connectivity index (χ3v) is 3.89. The molecule has 0 aliphatic heterocycles. The summed E-state index contributed by atoms with van der Waals surface area (Å²) in [5, 5.41) is 10.2.